The van der Waals surface area contributed by atoms with Crippen molar-refractivity contribution in [1.29, 1.82) is 0 Å². The van der Waals surface area contributed by atoms with Crippen molar-refractivity contribution < 1.29 is 23.9 Å². The summed E-state index contributed by atoms with van der Waals surface area (Å²) in [5.74, 6) is -0.974. The van der Waals surface area contributed by atoms with E-state index in [9.17, 15) is 14.4 Å². The molecule has 2 atom stereocenters. The molecule has 0 unspecified atom stereocenters. The SMILES string of the molecule is CC(C)[C@H](NC(=O)COc1ccccc1)C(=O)O[C@H](C)C(=O)NC1CCCCCC1. The maximum Gasteiger partial charge on any atom is 0.329 e. The van der Waals surface area contributed by atoms with Gasteiger partial charge in [-0.05, 0) is 37.8 Å². The molecule has 0 bridgehead atoms. The lowest BCUT2D eigenvalue weighted by molar-refractivity contribution is -0.159. The fourth-order valence-electron chi connectivity index (χ4n) is 3.42. The van der Waals surface area contributed by atoms with Crippen LogP contribution in [0.3, 0.4) is 0 Å². The molecule has 0 spiro atoms. The van der Waals surface area contributed by atoms with Gasteiger partial charge in [0.15, 0.2) is 12.7 Å². The second-order valence-corrected chi connectivity index (χ2v) is 8.17. The summed E-state index contributed by atoms with van der Waals surface area (Å²) in [4.78, 5) is 37.3. The van der Waals surface area contributed by atoms with Gasteiger partial charge in [0.05, 0.1) is 0 Å². The Morgan fingerprint density at radius 2 is 1.63 bits per heavy atom. The maximum absolute atomic E-state index is 12.6. The summed E-state index contributed by atoms with van der Waals surface area (Å²) in [7, 11) is 0. The van der Waals surface area contributed by atoms with Crippen LogP contribution >= 0.6 is 0 Å². The van der Waals surface area contributed by atoms with Gasteiger partial charge in [0.2, 0.25) is 0 Å². The fourth-order valence-corrected chi connectivity index (χ4v) is 3.42. The number of rotatable bonds is 9. The van der Waals surface area contributed by atoms with Gasteiger partial charge < -0.3 is 20.1 Å². The van der Waals surface area contributed by atoms with E-state index in [4.69, 9.17) is 9.47 Å². The Labute approximate surface area is 178 Å². The number of hydrogen-bond acceptors (Lipinski definition) is 5. The van der Waals surface area contributed by atoms with Crippen LogP contribution in [0.15, 0.2) is 30.3 Å². The van der Waals surface area contributed by atoms with Gasteiger partial charge in [-0.15, -0.1) is 0 Å². The van der Waals surface area contributed by atoms with Gasteiger partial charge in [0, 0.05) is 6.04 Å². The zero-order chi connectivity index (χ0) is 21.9. The summed E-state index contributed by atoms with van der Waals surface area (Å²) >= 11 is 0. The number of hydrogen-bond donors (Lipinski definition) is 2. The number of para-hydroxylation sites is 1. The minimum absolute atomic E-state index is 0.136. The van der Waals surface area contributed by atoms with Gasteiger partial charge in [-0.1, -0.05) is 57.7 Å². The quantitative estimate of drug-likeness (QED) is 0.475. The first kappa shape index (κ1) is 23.7. The van der Waals surface area contributed by atoms with Gasteiger partial charge in [-0.3, -0.25) is 9.59 Å². The average molecular weight is 419 g/mol. The standard InChI is InChI=1S/C23H34N2O5/c1-16(2)21(25-20(26)15-29-19-13-9-6-10-14-19)23(28)30-17(3)22(27)24-18-11-7-4-5-8-12-18/h6,9-10,13-14,16-18,21H,4-5,7-8,11-12,15H2,1-3H3,(H,24,27)(H,25,26)/t17-,21+/m1/s1. The van der Waals surface area contributed by atoms with E-state index in [2.05, 4.69) is 10.6 Å². The molecule has 7 nitrogen and oxygen atoms in total. The number of esters is 1. The molecule has 1 saturated carbocycles. The van der Waals surface area contributed by atoms with Crippen LogP contribution in [0.2, 0.25) is 0 Å². The van der Waals surface area contributed by atoms with Crippen molar-refractivity contribution in [2.45, 2.75) is 77.5 Å². The van der Waals surface area contributed by atoms with Crippen LogP contribution in [0.25, 0.3) is 0 Å². The molecule has 2 N–H and O–H groups in total. The second-order valence-electron chi connectivity index (χ2n) is 8.17. The monoisotopic (exact) mass is 418 g/mol. The number of carbonyl (C=O) groups is 3. The van der Waals surface area contributed by atoms with Crippen molar-refractivity contribution >= 4 is 17.8 Å². The van der Waals surface area contributed by atoms with E-state index in [0.29, 0.717) is 5.75 Å². The highest BCUT2D eigenvalue weighted by atomic mass is 16.5. The lowest BCUT2D eigenvalue weighted by atomic mass is 10.0. The minimum Gasteiger partial charge on any atom is -0.484 e. The predicted molar refractivity (Wildman–Crippen MR) is 114 cm³/mol. The highest BCUT2D eigenvalue weighted by Gasteiger charge is 2.29. The molecule has 1 fully saturated rings. The number of carbonyl (C=O) groups excluding carboxylic acids is 3. The summed E-state index contributed by atoms with van der Waals surface area (Å²) in [6.07, 6.45) is 5.59. The molecule has 1 aliphatic rings. The zero-order valence-corrected chi connectivity index (χ0v) is 18.2. The van der Waals surface area contributed by atoms with Crippen molar-refractivity contribution in [3.8, 4) is 5.75 Å². The molecule has 1 aliphatic carbocycles. The van der Waals surface area contributed by atoms with Crippen LogP contribution in [0.1, 0.15) is 59.3 Å². The third kappa shape index (κ3) is 8.05. The minimum atomic E-state index is -0.917. The van der Waals surface area contributed by atoms with E-state index < -0.39 is 24.0 Å². The molecule has 2 rings (SSSR count). The van der Waals surface area contributed by atoms with Gasteiger partial charge in [0.25, 0.3) is 11.8 Å². The van der Waals surface area contributed by atoms with Crippen LogP contribution in [0.4, 0.5) is 0 Å². The summed E-state index contributed by atoms with van der Waals surface area (Å²) in [5, 5.41) is 5.64. The molecule has 1 aromatic carbocycles. The van der Waals surface area contributed by atoms with Crippen molar-refractivity contribution in [1.82, 2.24) is 10.6 Å². The Balaban J connectivity index is 1.82. The molecule has 0 saturated heterocycles. The number of benzene rings is 1. The normalized spacial score (nSPS) is 16.8. The summed E-state index contributed by atoms with van der Waals surface area (Å²) in [5.41, 5.74) is 0. The van der Waals surface area contributed by atoms with Gasteiger partial charge in [0.1, 0.15) is 11.8 Å². The first-order valence-electron chi connectivity index (χ1n) is 10.8. The zero-order valence-electron chi connectivity index (χ0n) is 18.2. The van der Waals surface area contributed by atoms with Gasteiger partial charge in [-0.2, -0.15) is 0 Å². The maximum atomic E-state index is 12.6. The fraction of sp³-hybridized carbons (Fsp3) is 0.609. The van der Waals surface area contributed by atoms with E-state index in [-0.39, 0.29) is 24.5 Å². The molecule has 0 aliphatic heterocycles. The Morgan fingerprint density at radius 1 is 1.00 bits per heavy atom. The second kappa shape index (κ2) is 12.2. The number of amides is 2. The Morgan fingerprint density at radius 3 is 2.23 bits per heavy atom. The third-order valence-corrected chi connectivity index (χ3v) is 5.21. The summed E-state index contributed by atoms with van der Waals surface area (Å²) in [6.45, 7) is 4.96. The molecular formula is C23H34N2O5. The molecule has 30 heavy (non-hydrogen) atoms. The first-order valence-corrected chi connectivity index (χ1v) is 10.8. The number of nitrogens with one attached hydrogen (secondary N) is 2. The molecule has 0 heterocycles. The molecule has 0 aromatic heterocycles. The van der Waals surface area contributed by atoms with Gasteiger partial charge >= 0.3 is 5.97 Å². The highest BCUT2D eigenvalue weighted by Crippen LogP contribution is 2.17. The molecule has 7 heteroatoms. The smallest absolute Gasteiger partial charge is 0.329 e. The van der Waals surface area contributed by atoms with Crippen molar-refractivity contribution in [3.63, 3.8) is 0 Å². The lowest BCUT2D eigenvalue weighted by Gasteiger charge is -2.24. The van der Waals surface area contributed by atoms with E-state index in [1.54, 1.807) is 32.9 Å². The molecule has 166 valence electrons. The molecule has 2 amide bonds. The number of ether oxygens (including phenoxy) is 2. The highest BCUT2D eigenvalue weighted by molar-refractivity contribution is 5.88. The third-order valence-electron chi connectivity index (χ3n) is 5.21. The summed E-state index contributed by atoms with van der Waals surface area (Å²) < 4.78 is 10.8. The van der Waals surface area contributed by atoms with Crippen LogP contribution in [-0.2, 0) is 19.1 Å². The average Bonchev–Trinajstić information content (AvgIpc) is 2.99. The van der Waals surface area contributed by atoms with E-state index in [1.807, 2.05) is 18.2 Å². The van der Waals surface area contributed by atoms with Crippen molar-refractivity contribution in [2.24, 2.45) is 5.92 Å². The molecule has 1 aromatic rings. The Kier molecular flexibility index (Phi) is 9.64. The van der Waals surface area contributed by atoms with E-state index in [1.165, 1.54) is 12.8 Å². The summed E-state index contributed by atoms with van der Waals surface area (Å²) in [6, 6.07) is 8.24. The Bertz CT molecular complexity index is 684. The van der Waals surface area contributed by atoms with Crippen LogP contribution in [-0.4, -0.2) is 42.6 Å². The molecular weight excluding hydrogens is 384 g/mol. The largest absolute Gasteiger partial charge is 0.484 e. The van der Waals surface area contributed by atoms with Crippen LogP contribution < -0.4 is 15.4 Å². The van der Waals surface area contributed by atoms with Crippen molar-refractivity contribution in [2.75, 3.05) is 6.61 Å². The van der Waals surface area contributed by atoms with Crippen LogP contribution in [0, 0.1) is 5.92 Å². The lowest BCUT2D eigenvalue weighted by Crippen LogP contribution is -2.49. The van der Waals surface area contributed by atoms with E-state index >= 15 is 0 Å². The predicted octanol–water partition coefficient (Wildman–Crippen LogP) is 2.98. The van der Waals surface area contributed by atoms with E-state index in [0.717, 1.165) is 25.7 Å². The van der Waals surface area contributed by atoms with Gasteiger partial charge in [-0.25, -0.2) is 4.79 Å². The van der Waals surface area contributed by atoms with Crippen molar-refractivity contribution in [3.05, 3.63) is 30.3 Å². The first-order chi connectivity index (χ1) is 14.4. The molecule has 0 radical (unpaired) electrons. The topological polar surface area (TPSA) is 93.7 Å². The Hall–Kier alpha value is -2.57. The van der Waals surface area contributed by atoms with Crippen LogP contribution in [0.5, 0.6) is 5.75 Å².